The van der Waals surface area contributed by atoms with Crippen LogP contribution < -0.4 is 0 Å². The molecular weight excluding hydrogens is 282 g/mol. The van der Waals surface area contributed by atoms with Crippen molar-refractivity contribution in [3.8, 4) is 0 Å². The average molecular weight is 302 g/mol. The molecule has 1 fully saturated rings. The molecule has 2 aromatic rings. The average Bonchev–Trinajstić information content (AvgIpc) is 3.01. The molecule has 1 atom stereocenters. The molecule has 1 aliphatic rings. The Morgan fingerprint density at radius 1 is 1.00 bits per heavy atom. The van der Waals surface area contributed by atoms with Crippen molar-refractivity contribution in [2.24, 2.45) is 0 Å². The minimum atomic E-state index is -0.667. The first kappa shape index (κ1) is 14.6. The van der Waals surface area contributed by atoms with Crippen molar-refractivity contribution >= 4 is 11.6 Å². The summed E-state index contributed by atoms with van der Waals surface area (Å²) in [5.74, 6) is 0. The summed E-state index contributed by atoms with van der Waals surface area (Å²) in [7, 11) is 0. The molecule has 0 aliphatic carbocycles. The zero-order chi connectivity index (χ0) is 14.7. The molecule has 0 radical (unpaired) electrons. The maximum atomic E-state index is 10.5. The van der Waals surface area contributed by atoms with Crippen LogP contribution in [0.15, 0.2) is 48.5 Å². The van der Waals surface area contributed by atoms with Gasteiger partial charge in [0.2, 0.25) is 0 Å². The van der Waals surface area contributed by atoms with Crippen LogP contribution in [0.4, 0.5) is 0 Å². The summed E-state index contributed by atoms with van der Waals surface area (Å²) >= 11 is 6.15. The summed E-state index contributed by atoms with van der Waals surface area (Å²) in [5.41, 5.74) is 2.94. The van der Waals surface area contributed by atoms with Crippen LogP contribution in [0.25, 0.3) is 0 Å². The molecule has 2 aromatic carbocycles. The van der Waals surface area contributed by atoms with E-state index < -0.39 is 6.10 Å². The first-order chi connectivity index (χ1) is 10.2. The lowest BCUT2D eigenvalue weighted by Crippen LogP contribution is -2.18. The molecule has 0 amide bonds. The second-order valence-electron chi connectivity index (χ2n) is 5.65. The minimum Gasteiger partial charge on any atom is -0.384 e. The largest absolute Gasteiger partial charge is 0.384 e. The SMILES string of the molecule is O[C@H](c1ccc(CN2CCCC2)cc1)c1ccccc1Cl. The number of nitrogens with zero attached hydrogens (tertiary/aromatic N) is 1. The van der Waals surface area contributed by atoms with Crippen LogP contribution in [0.5, 0.6) is 0 Å². The molecular formula is C18H20ClNO. The van der Waals surface area contributed by atoms with E-state index in [4.69, 9.17) is 11.6 Å². The molecule has 0 unspecified atom stereocenters. The molecule has 0 bridgehead atoms. The molecule has 1 saturated heterocycles. The molecule has 110 valence electrons. The van der Waals surface area contributed by atoms with Gasteiger partial charge in [-0.25, -0.2) is 0 Å². The van der Waals surface area contributed by atoms with Gasteiger partial charge in [0.25, 0.3) is 0 Å². The molecule has 0 saturated carbocycles. The molecule has 0 spiro atoms. The van der Waals surface area contributed by atoms with Gasteiger partial charge in [0.05, 0.1) is 0 Å². The summed E-state index contributed by atoms with van der Waals surface area (Å²) in [6.07, 6.45) is 1.95. The topological polar surface area (TPSA) is 23.5 Å². The molecule has 3 rings (SSSR count). The van der Waals surface area contributed by atoms with Crippen LogP contribution in [0.1, 0.15) is 35.6 Å². The summed E-state index contributed by atoms with van der Waals surface area (Å²) in [6.45, 7) is 3.40. The van der Waals surface area contributed by atoms with Crippen molar-refractivity contribution in [3.63, 3.8) is 0 Å². The molecule has 1 N–H and O–H groups in total. The van der Waals surface area contributed by atoms with E-state index in [1.165, 1.54) is 31.5 Å². The van der Waals surface area contributed by atoms with E-state index in [0.29, 0.717) is 5.02 Å². The van der Waals surface area contributed by atoms with Crippen molar-refractivity contribution in [3.05, 3.63) is 70.2 Å². The van der Waals surface area contributed by atoms with Crippen LogP contribution in [0.2, 0.25) is 5.02 Å². The third-order valence-electron chi connectivity index (χ3n) is 4.10. The number of rotatable bonds is 4. The molecule has 2 nitrogen and oxygen atoms in total. The Hall–Kier alpha value is -1.35. The van der Waals surface area contributed by atoms with E-state index in [0.717, 1.165) is 17.7 Å². The molecule has 21 heavy (non-hydrogen) atoms. The first-order valence-corrected chi connectivity index (χ1v) is 7.85. The standard InChI is InChI=1S/C18H20ClNO/c19-17-6-2-1-5-16(17)18(21)15-9-7-14(8-10-15)13-20-11-3-4-12-20/h1-2,5-10,18,21H,3-4,11-13H2/t18-/m1/s1. The van der Waals surface area contributed by atoms with E-state index >= 15 is 0 Å². The third-order valence-corrected chi connectivity index (χ3v) is 4.44. The Morgan fingerprint density at radius 3 is 2.33 bits per heavy atom. The van der Waals surface area contributed by atoms with Gasteiger partial charge >= 0.3 is 0 Å². The zero-order valence-electron chi connectivity index (χ0n) is 12.0. The maximum absolute atomic E-state index is 10.5. The van der Waals surface area contributed by atoms with Crippen LogP contribution in [0.3, 0.4) is 0 Å². The second-order valence-corrected chi connectivity index (χ2v) is 6.06. The summed E-state index contributed by atoms with van der Waals surface area (Å²) in [5, 5.41) is 11.1. The van der Waals surface area contributed by atoms with Gasteiger partial charge in [-0.15, -0.1) is 0 Å². The first-order valence-electron chi connectivity index (χ1n) is 7.48. The van der Waals surface area contributed by atoms with Crippen molar-refractivity contribution in [2.75, 3.05) is 13.1 Å². The molecule has 1 aliphatic heterocycles. The van der Waals surface area contributed by atoms with E-state index in [9.17, 15) is 5.11 Å². The summed E-state index contributed by atoms with van der Waals surface area (Å²) in [4.78, 5) is 2.47. The number of hydrogen-bond donors (Lipinski definition) is 1. The Bertz CT molecular complexity index is 590. The van der Waals surface area contributed by atoms with Gasteiger partial charge < -0.3 is 5.11 Å². The summed E-state index contributed by atoms with van der Waals surface area (Å²) < 4.78 is 0. The van der Waals surface area contributed by atoms with Crippen LogP contribution in [0, 0.1) is 0 Å². The van der Waals surface area contributed by atoms with Gasteiger partial charge in [0, 0.05) is 17.1 Å². The predicted octanol–water partition coefficient (Wildman–Crippen LogP) is 4.02. The van der Waals surface area contributed by atoms with Gasteiger partial charge in [0.1, 0.15) is 6.10 Å². The minimum absolute atomic E-state index is 0.603. The van der Waals surface area contributed by atoms with Crippen molar-refractivity contribution < 1.29 is 5.11 Å². The van der Waals surface area contributed by atoms with Crippen molar-refractivity contribution in [1.82, 2.24) is 4.90 Å². The third kappa shape index (κ3) is 3.46. The number of benzene rings is 2. The lowest BCUT2D eigenvalue weighted by molar-refractivity contribution is 0.220. The van der Waals surface area contributed by atoms with E-state index in [-0.39, 0.29) is 0 Å². The van der Waals surface area contributed by atoms with E-state index in [2.05, 4.69) is 17.0 Å². The quantitative estimate of drug-likeness (QED) is 0.922. The molecule has 1 heterocycles. The smallest absolute Gasteiger partial charge is 0.105 e. The van der Waals surface area contributed by atoms with Crippen molar-refractivity contribution in [2.45, 2.75) is 25.5 Å². The number of aliphatic hydroxyl groups excluding tert-OH is 1. The van der Waals surface area contributed by atoms with Crippen LogP contribution in [-0.4, -0.2) is 23.1 Å². The Morgan fingerprint density at radius 2 is 1.67 bits per heavy atom. The zero-order valence-corrected chi connectivity index (χ0v) is 12.8. The summed E-state index contributed by atoms with van der Waals surface area (Å²) in [6, 6.07) is 15.6. The second kappa shape index (κ2) is 6.61. The predicted molar refractivity (Wildman–Crippen MR) is 86.5 cm³/mol. The van der Waals surface area contributed by atoms with E-state index in [1.807, 2.05) is 36.4 Å². The fourth-order valence-corrected chi connectivity index (χ4v) is 3.12. The monoisotopic (exact) mass is 301 g/mol. The Kier molecular flexibility index (Phi) is 4.59. The van der Waals surface area contributed by atoms with Crippen LogP contribution in [-0.2, 0) is 6.54 Å². The Labute approximate surface area is 131 Å². The van der Waals surface area contributed by atoms with Gasteiger partial charge in [-0.3, -0.25) is 4.90 Å². The fraction of sp³-hybridized carbons (Fsp3) is 0.333. The highest BCUT2D eigenvalue weighted by atomic mass is 35.5. The normalized spacial score (nSPS) is 17.0. The number of aliphatic hydroxyl groups is 1. The van der Waals surface area contributed by atoms with Gasteiger partial charge in [0.15, 0.2) is 0 Å². The van der Waals surface area contributed by atoms with E-state index in [1.54, 1.807) is 0 Å². The lowest BCUT2D eigenvalue weighted by Gasteiger charge is -2.16. The van der Waals surface area contributed by atoms with Gasteiger partial charge in [-0.05, 0) is 43.1 Å². The van der Waals surface area contributed by atoms with Crippen molar-refractivity contribution in [1.29, 1.82) is 0 Å². The number of halogens is 1. The molecule has 0 aromatic heterocycles. The lowest BCUT2D eigenvalue weighted by atomic mass is 10.0. The highest BCUT2D eigenvalue weighted by Crippen LogP contribution is 2.28. The Balaban J connectivity index is 1.72. The van der Waals surface area contributed by atoms with Gasteiger partial charge in [-0.2, -0.15) is 0 Å². The highest BCUT2D eigenvalue weighted by Gasteiger charge is 2.14. The maximum Gasteiger partial charge on any atom is 0.105 e. The van der Waals surface area contributed by atoms with Gasteiger partial charge in [-0.1, -0.05) is 54.1 Å². The fourth-order valence-electron chi connectivity index (χ4n) is 2.88. The van der Waals surface area contributed by atoms with Crippen LogP contribution >= 0.6 is 11.6 Å². The number of likely N-dealkylation sites (tertiary alicyclic amines) is 1. The molecule has 3 heteroatoms. The highest BCUT2D eigenvalue weighted by molar-refractivity contribution is 6.31. The number of hydrogen-bond acceptors (Lipinski definition) is 2.